The molecular weight excluding hydrogens is 287 g/mol. The van der Waals surface area contributed by atoms with Crippen LogP contribution >= 0.6 is 0 Å². The first-order chi connectivity index (χ1) is 9.86. The minimum Gasteiger partial charge on any atom is -0.448 e. The van der Waals surface area contributed by atoms with Gasteiger partial charge in [-0.1, -0.05) is 0 Å². The molecule has 0 aliphatic carbocycles. The van der Waals surface area contributed by atoms with Crippen LogP contribution in [0.3, 0.4) is 0 Å². The number of halogens is 1. The molecule has 0 aliphatic heterocycles. The molecule has 0 aromatic heterocycles. The third kappa shape index (κ3) is 4.30. The SMILES string of the molecule is CNc1cc(C(=O)NCCOC(N)=O)c([N+](=O)[O-])cc1F. The van der Waals surface area contributed by atoms with Crippen LogP contribution in [0.5, 0.6) is 0 Å². The topological polar surface area (TPSA) is 137 Å². The second-order valence-electron chi connectivity index (χ2n) is 3.78. The normalized spacial score (nSPS) is 9.81. The van der Waals surface area contributed by atoms with Gasteiger partial charge >= 0.3 is 6.09 Å². The van der Waals surface area contributed by atoms with Crippen LogP contribution in [0, 0.1) is 15.9 Å². The molecule has 0 saturated carbocycles. The molecule has 21 heavy (non-hydrogen) atoms. The minimum absolute atomic E-state index is 0.0564. The second-order valence-corrected chi connectivity index (χ2v) is 3.78. The molecule has 10 heteroatoms. The molecular formula is C11H13FN4O5. The fourth-order valence-corrected chi connectivity index (χ4v) is 1.50. The van der Waals surface area contributed by atoms with Gasteiger partial charge in [0.1, 0.15) is 12.2 Å². The maximum Gasteiger partial charge on any atom is 0.404 e. The molecule has 0 saturated heterocycles. The minimum atomic E-state index is -1.01. The van der Waals surface area contributed by atoms with Crippen molar-refractivity contribution in [3.63, 3.8) is 0 Å². The summed E-state index contributed by atoms with van der Waals surface area (Å²) in [4.78, 5) is 32.2. The number of nitrogens with two attached hydrogens (primary N) is 1. The lowest BCUT2D eigenvalue weighted by atomic mass is 10.1. The van der Waals surface area contributed by atoms with Crippen molar-refractivity contribution in [1.82, 2.24) is 5.32 Å². The van der Waals surface area contributed by atoms with E-state index in [1.54, 1.807) is 0 Å². The highest BCUT2D eigenvalue weighted by Crippen LogP contribution is 2.25. The Morgan fingerprint density at radius 2 is 2.14 bits per heavy atom. The molecule has 4 N–H and O–H groups in total. The van der Waals surface area contributed by atoms with Crippen molar-refractivity contribution < 1.29 is 23.6 Å². The van der Waals surface area contributed by atoms with Crippen LogP contribution in [-0.4, -0.2) is 37.1 Å². The number of hydrogen-bond acceptors (Lipinski definition) is 6. The maximum absolute atomic E-state index is 13.5. The molecule has 114 valence electrons. The van der Waals surface area contributed by atoms with Gasteiger partial charge in [0.05, 0.1) is 23.2 Å². The van der Waals surface area contributed by atoms with E-state index in [2.05, 4.69) is 15.4 Å². The summed E-state index contributed by atoms with van der Waals surface area (Å²) in [5.41, 5.74) is 3.69. The fourth-order valence-electron chi connectivity index (χ4n) is 1.50. The molecule has 1 rings (SSSR count). The van der Waals surface area contributed by atoms with E-state index in [0.29, 0.717) is 6.07 Å². The average Bonchev–Trinajstić information content (AvgIpc) is 2.42. The van der Waals surface area contributed by atoms with E-state index in [1.807, 2.05) is 0 Å². The van der Waals surface area contributed by atoms with Gasteiger partial charge in [0.2, 0.25) is 0 Å². The van der Waals surface area contributed by atoms with E-state index in [9.17, 15) is 24.1 Å². The highest BCUT2D eigenvalue weighted by molar-refractivity contribution is 5.99. The number of rotatable bonds is 6. The zero-order valence-electron chi connectivity index (χ0n) is 11.0. The average molecular weight is 300 g/mol. The van der Waals surface area contributed by atoms with Crippen LogP contribution in [0.15, 0.2) is 12.1 Å². The molecule has 0 fully saturated rings. The predicted octanol–water partition coefficient (Wildman–Crippen LogP) is 0.601. The van der Waals surface area contributed by atoms with Gasteiger partial charge in [-0.15, -0.1) is 0 Å². The van der Waals surface area contributed by atoms with E-state index in [4.69, 9.17) is 5.73 Å². The van der Waals surface area contributed by atoms with Crippen molar-refractivity contribution in [3.05, 3.63) is 33.6 Å². The Morgan fingerprint density at radius 3 is 2.67 bits per heavy atom. The number of carbonyl (C=O) groups is 2. The van der Waals surface area contributed by atoms with Gasteiger partial charge in [-0.05, 0) is 6.07 Å². The molecule has 1 aromatic rings. The first-order valence-electron chi connectivity index (χ1n) is 5.73. The summed E-state index contributed by atoms with van der Waals surface area (Å²) in [7, 11) is 1.41. The van der Waals surface area contributed by atoms with Gasteiger partial charge in [0.25, 0.3) is 11.6 Å². The van der Waals surface area contributed by atoms with Gasteiger partial charge in [-0.3, -0.25) is 14.9 Å². The molecule has 0 radical (unpaired) electrons. The van der Waals surface area contributed by atoms with Crippen molar-refractivity contribution in [3.8, 4) is 0 Å². The summed E-state index contributed by atoms with van der Waals surface area (Å²) < 4.78 is 17.9. The summed E-state index contributed by atoms with van der Waals surface area (Å²) in [6, 6.07) is 1.68. The number of hydrogen-bond donors (Lipinski definition) is 3. The zero-order chi connectivity index (χ0) is 16.0. The van der Waals surface area contributed by atoms with Gasteiger partial charge in [0.15, 0.2) is 5.82 Å². The Balaban J connectivity index is 2.91. The monoisotopic (exact) mass is 300 g/mol. The van der Waals surface area contributed by atoms with Gasteiger partial charge in [0, 0.05) is 7.05 Å². The molecule has 0 unspecified atom stereocenters. The van der Waals surface area contributed by atoms with Crippen LogP contribution in [0.4, 0.5) is 20.6 Å². The number of nitro benzene ring substituents is 1. The van der Waals surface area contributed by atoms with Crippen molar-refractivity contribution in [1.29, 1.82) is 0 Å². The molecule has 0 bridgehead atoms. The quantitative estimate of drug-likeness (QED) is 0.400. The smallest absolute Gasteiger partial charge is 0.404 e. The first kappa shape index (κ1) is 16.1. The lowest BCUT2D eigenvalue weighted by Crippen LogP contribution is -2.29. The predicted molar refractivity (Wildman–Crippen MR) is 70.5 cm³/mol. The number of carbonyl (C=O) groups excluding carboxylic acids is 2. The van der Waals surface area contributed by atoms with E-state index in [0.717, 1.165) is 6.07 Å². The molecule has 9 nitrogen and oxygen atoms in total. The lowest BCUT2D eigenvalue weighted by Gasteiger charge is -2.08. The summed E-state index contributed by atoms with van der Waals surface area (Å²) in [6.45, 7) is -0.278. The molecule has 0 heterocycles. The standard InChI is InChI=1S/C11H13FN4O5/c1-14-8-4-6(9(16(19)20)5-7(8)12)10(17)15-2-3-21-11(13)18/h4-5,14H,2-3H2,1H3,(H2,13,18)(H,15,17). The number of amides is 2. The Morgan fingerprint density at radius 1 is 1.48 bits per heavy atom. The van der Waals surface area contributed by atoms with Crippen molar-refractivity contribution in [2.24, 2.45) is 5.73 Å². The zero-order valence-corrected chi connectivity index (χ0v) is 11.0. The number of anilines is 1. The number of nitrogens with zero attached hydrogens (tertiary/aromatic N) is 1. The van der Waals surface area contributed by atoms with Gasteiger partial charge in [-0.2, -0.15) is 0 Å². The molecule has 0 atom stereocenters. The fraction of sp³-hybridized carbons (Fsp3) is 0.273. The van der Waals surface area contributed by atoms with E-state index in [1.165, 1.54) is 7.05 Å². The highest BCUT2D eigenvalue weighted by Gasteiger charge is 2.23. The van der Waals surface area contributed by atoms with E-state index >= 15 is 0 Å². The first-order valence-corrected chi connectivity index (χ1v) is 5.73. The van der Waals surface area contributed by atoms with Crippen LogP contribution in [0.2, 0.25) is 0 Å². The van der Waals surface area contributed by atoms with Crippen LogP contribution in [0.25, 0.3) is 0 Å². The molecule has 0 spiro atoms. The Bertz CT molecular complexity index is 578. The lowest BCUT2D eigenvalue weighted by molar-refractivity contribution is -0.385. The van der Waals surface area contributed by atoms with Crippen molar-refractivity contribution >= 4 is 23.4 Å². The van der Waals surface area contributed by atoms with Crippen molar-refractivity contribution in [2.75, 3.05) is 25.5 Å². The van der Waals surface area contributed by atoms with E-state index < -0.39 is 28.4 Å². The molecule has 1 aromatic carbocycles. The largest absolute Gasteiger partial charge is 0.448 e. The Labute approximate surface area is 118 Å². The Hall–Kier alpha value is -2.91. The summed E-state index contributed by atoms with van der Waals surface area (Å²) in [5, 5.41) is 15.6. The molecule has 0 aliphatic rings. The molecule has 2 amide bonds. The van der Waals surface area contributed by atoms with Crippen molar-refractivity contribution in [2.45, 2.75) is 0 Å². The summed E-state index contributed by atoms with van der Waals surface area (Å²) in [6.07, 6.45) is -1.01. The van der Waals surface area contributed by atoms with Gasteiger partial charge < -0.3 is 21.1 Å². The Kier molecular flexibility index (Phi) is 5.40. The highest BCUT2D eigenvalue weighted by atomic mass is 19.1. The third-order valence-corrected chi connectivity index (χ3v) is 2.43. The summed E-state index contributed by atoms with van der Waals surface area (Å²) in [5.74, 6) is -1.65. The summed E-state index contributed by atoms with van der Waals surface area (Å²) >= 11 is 0. The number of ether oxygens (including phenoxy) is 1. The van der Waals surface area contributed by atoms with Crippen LogP contribution in [-0.2, 0) is 4.74 Å². The van der Waals surface area contributed by atoms with Gasteiger partial charge in [-0.25, -0.2) is 9.18 Å². The third-order valence-electron chi connectivity index (χ3n) is 2.43. The van der Waals surface area contributed by atoms with Crippen LogP contribution in [0.1, 0.15) is 10.4 Å². The number of benzene rings is 1. The number of nitro groups is 1. The number of nitrogens with one attached hydrogen (secondary N) is 2. The second kappa shape index (κ2) is 7.03. The van der Waals surface area contributed by atoms with Crippen LogP contribution < -0.4 is 16.4 Å². The number of primary amides is 1. The van der Waals surface area contributed by atoms with E-state index in [-0.39, 0.29) is 24.4 Å². The maximum atomic E-state index is 13.5.